The molecule has 1 aromatic rings. The van der Waals surface area contributed by atoms with Crippen LogP contribution in [0, 0.1) is 0 Å². The Bertz CT molecular complexity index is 336. The summed E-state index contributed by atoms with van der Waals surface area (Å²) in [5, 5.41) is 9.40. The molecule has 0 fully saturated rings. The second kappa shape index (κ2) is 3.34. The van der Waals surface area contributed by atoms with E-state index in [0.717, 1.165) is 0 Å². The van der Waals surface area contributed by atoms with Gasteiger partial charge in [-0.15, -0.1) is 0 Å². The molecule has 0 aliphatic carbocycles. The fourth-order valence-corrected chi connectivity index (χ4v) is 1.02. The van der Waals surface area contributed by atoms with E-state index in [1.807, 2.05) is 0 Å². The van der Waals surface area contributed by atoms with Crippen molar-refractivity contribution in [2.24, 2.45) is 0 Å². The van der Waals surface area contributed by atoms with Gasteiger partial charge in [0.05, 0.1) is 5.69 Å². The number of pyridine rings is 1. The number of hydrogen-bond acceptors (Lipinski definition) is 2. The maximum Gasteiger partial charge on any atom is 0.315 e. The smallest absolute Gasteiger partial charge is 0.315 e. The summed E-state index contributed by atoms with van der Waals surface area (Å²) in [6, 6.07) is 3.18. The van der Waals surface area contributed by atoms with E-state index >= 15 is 0 Å². The zero-order valence-corrected chi connectivity index (χ0v) is 8.17. The summed E-state index contributed by atoms with van der Waals surface area (Å²) in [5.41, 5.74) is -0.530. The minimum Gasteiger partial charge on any atom is -0.481 e. The molecule has 0 radical (unpaired) electrons. The molecule has 1 aromatic heterocycles. The molecule has 1 N–H and O–H groups in total. The molecular weight excluding hydrogens is 190 g/mol. The molecular formula is C9H10ClNO2. The average molecular weight is 200 g/mol. The van der Waals surface area contributed by atoms with Crippen LogP contribution in [0.15, 0.2) is 18.3 Å². The first-order chi connectivity index (χ1) is 5.94. The van der Waals surface area contributed by atoms with Gasteiger partial charge in [-0.05, 0) is 26.0 Å². The molecule has 1 heterocycles. The molecule has 3 nitrogen and oxygen atoms in total. The number of halogens is 1. The first-order valence-corrected chi connectivity index (χ1v) is 4.18. The molecule has 0 amide bonds. The van der Waals surface area contributed by atoms with E-state index in [0.29, 0.717) is 10.7 Å². The Morgan fingerprint density at radius 1 is 1.62 bits per heavy atom. The van der Waals surface area contributed by atoms with Crippen molar-refractivity contribution >= 4 is 17.6 Å². The number of aliphatic carboxylic acids is 1. The van der Waals surface area contributed by atoms with Crippen LogP contribution in [0.4, 0.5) is 0 Å². The van der Waals surface area contributed by atoms with Crippen molar-refractivity contribution < 1.29 is 9.90 Å². The van der Waals surface area contributed by atoms with Gasteiger partial charge in [0.2, 0.25) is 0 Å². The van der Waals surface area contributed by atoms with Crippen LogP contribution in [0.5, 0.6) is 0 Å². The zero-order valence-electron chi connectivity index (χ0n) is 7.41. The van der Waals surface area contributed by atoms with E-state index in [1.165, 1.54) is 6.20 Å². The maximum atomic E-state index is 10.8. The summed E-state index contributed by atoms with van der Waals surface area (Å²) >= 11 is 5.72. The first kappa shape index (κ1) is 9.99. The molecule has 70 valence electrons. The zero-order chi connectivity index (χ0) is 10.1. The Hall–Kier alpha value is -1.09. The highest BCUT2D eigenvalue weighted by Gasteiger charge is 2.30. The molecule has 1 rings (SSSR count). The van der Waals surface area contributed by atoms with Crippen molar-refractivity contribution in [3.63, 3.8) is 0 Å². The number of carbonyl (C=O) groups is 1. The van der Waals surface area contributed by atoms with Crippen LogP contribution in [0.3, 0.4) is 0 Å². The van der Waals surface area contributed by atoms with Gasteiger partial charge in [0, 0.05) is 11.2 Å². The van der Waals surface area contributed by atoms with Crippen molar-refractivity contribution in [3.8, 4) is 0 Å². The van der Waals surface area contributed by atoms with Crippen LogP contribution in [-0.2, 0) is 10.2 Å². The highest BCUT2D eigenvalue weighted by molar-refractivity contribution is 6.30. The molecule has 0 saturated heterocycles. The van der Waals surface area contributed by atoms with E-state index in [1.54, 1.807) is 26.0 Å². The minimum absolute atomic E-state index is 0.465. The topological polar surface area (TPSA) is 50.2 Å². The van der Waals surface area contributed by atoms with Crippen molar-refractivity contribution in [2.45, 2.75) is 19.3 Å². The van der Waals surface area contributed by atoms with Gasteiger partial charge in [-0.3, -0.25) is 9.78 Å². The number of nitrogens with zero attached hydrogens (tertiary/aromatic N) is 1. The van der Waals surface area contributed by atoms with E-state index in [-0.39, 0.29) is 0 Å². The van der Waals surface area contributed by atoms with Crippen molar-refractivity contribution in [1.29, 1.82) is 0 Å². The molecule has 0 atom stereocenters. The van der Waals surface area contributed by atoms with E-state index in [2.05, 4.69) is 4.98 Å². The second-order valence-electron chi connectivity index (χ2n) is 3.29. The molecule has 4 heteroatoms. The lowest BCUT2D eigenvalue weighted by Crippen LogP contribution is -2.29. The lowest BCUT2D eigenvalue weighted by Gasteiger charge is -2.17. The summed E-state index contributed by atoms with van der Waals surface area (Å²) in [6.45, 7) is 3.18. The molecule has 0 aliphatic rings. The fourth-order valence-electron chi connectivity index (χ4n) is 0.856. The Morgan fingerprint density at radius 2 is 2.23 bits per heavy atom. The van der Waals surface area contributed by atoms with Gasteiger partial charge in [0.15, 0.2) is 0 Å². The molecule has 0 bridgehead atoms. The molecule has 0 saturated carbocycles. The minimum atomic E-state index is -0.995. The Morgan fingerprint density at radius 3 is 2.69 bits per heavy atom. The summed E-state index contributed by atoms with van der Waals surface area (Å²) < 4.78 is 0. The Kier molecular flexibility index (Phi) is 2.57. The highest BCUT2D eigenvalue weighted by atomic mass is 35.5. The number of rotatable bonds is 2. The van der Waals surface area contributed by atoms with Crippen LogP contribution in [0.1, 0.15) is 19.5 Å². The lowest BCUT2D eigenvalue weighted by atomic mass is 9.89. The van der Waals surface area contributed by atoms with Gasteiger partial charge in [-0.25, -0.2) is 0 Å². The summed E-state index contributed by atoms with van der Waals surface area (Å²) in [5.74, 6) is -0.915. The summed E-state index contributed by atoms with van der Waals surface area (Å²) in [6.07, 6.45) is 1.50. The van der Waals surface area contributed by atoms with Crippen LogP contribution in [0.2, 0.25) is 5.02 Å². The third-order valence-corrected chi connectivity index (χ3v) is 2.13. The first-order valence-electron chi connectivity index (χ1n) is 3.80. The van der Waals surface area contributed by atoms with Crippen LogP contribution >= 0.6 is 11.6 Å². The summed E-state index contributed by atoms with van der Waals surface area (Å²) in [4.78, 5) is 14.8. The summed E-state index contributed by atoms with van der Waals surface area (Å²) in [7, 11) is 0. The standard InChI is InChI=1S/C9H10ClNO2/c1-9(2,8(12)13)7-5-6(10)3-4-11-7/h3-5H,1-2H3,(H,12,13). The number of aromatic nitrogens is 1. The molecule has 13 heavy (non-hydrogen) atoms. The molecule has 0 aromatic carbocycles. The Balaban J connectivity index is 3.14. The maximum absolute atomic E-state index is 10.8. The molecule has 0 unspecified atom stereocenters. The Labute approximate surface area is 81.4 Å². The number of carboxylic acids is 1. The second-order valence-corrected chi connectivity index (χ2v) is 3.73. The van der Waals surface area contributed by atoms with E-state index in [9.17, 15) is 4.79 Å². The third kappa shape index (κ3) is 1.98. The van der Waals surface area contributed by atoms with Crippen molar-refractivity contribution in [1.82, 2.24) is 4.98 Å². The predicted molar refractivity (Wildman–Crippen MR) is 49.9 cm³/mol. The molecule has 0 aliphatic heterocycles. The molecule has 0 spiro atoms. The quantitative estimate of drug-likeness (QED) is 0.794. The van der Waals surface area contributed by atoms with Crippen LogP contribution in [-0.4, -0.2) is 16.1 Å². The van der Waals surface area contributed by atoms with Gasteiger partial charge < -0.3 is 5.11 Å². The number of hydrogen-bond donors (Lipinski definition) is 1. The predicted octanol–water partition coefficient (Wildman–Crippen LogP) is 2.10. The SMILES string of the molecule is CC(C)(C(=O)O)c1cc(Cl)ccn1. The largest absolute Gasteiger partial charge is 0.481 e. The number of carboxylic acid groups (broad SMARTS) is 1. The van der Waals surface area contributed by atoms with Crippen molar-refractivity contribution in [2.75, 3.05) is 0 Å². The van der Waals surface area contributed by atoms with Gasteiger partial charge in [-0.1, -0.05) is 11.6 Å². The van der Waals surface area contributed by atoms with Crippen molar-refractivity contribution in [3.05, 3.63) is 29.0 Å². The van der Waals surface area contributed by atoms with E-state index < -0.39 is 11.4 Å². The third-order valence-electron chi connectivity index (χ3n) is 1.90. The monoisotopic (exact) mass is 199 g/mol. The lowest BCUT2D eigenvalue weighted by molar-refractivity contribution is -0.142. The fraction of sp³-hybridized carbons (Fsp3) is 0.333. The van der Waals surface area contributed by atoms with E-state index in [4.69, 9.17) is 16.7 Å². The average Bonchev–Trinajstić information content (AvgIpc) is 2.04. The van der Waals surface area contributed by atoms with Crippen LogP contribution in [0.25, 0.3) is 0 Å². The normalized spacial score (nSPS) is 11.3. The van der Waals surface area contributed by atoms with Gasteiger partial charge >= 0.3 is 5.97 Å². The van der Waals surface area contributed by atoms with Gasteiger partial charge in [0.25, 0.3) is 0 Å². The highest BCUT2D eigenvalue weighted by Crippen LogP contribution is 2.23. The van der Waals surface area contributed by atoms with Gasteiger partial charge in [0.1, 0.15) is 5.41 Å². The van der Waals surface area contributed by atoms with Crippen LogP contribution < -0.4 is 0 Å². The van der Waals surface area contributed by atoms with Gasteiger partial charge in [-0.2, -0.15) is 0 Å².